The first-order valence-corrected chi connectivity index (χ1v) is 10.5. The molecule has 4 aromatic rings. The molecular formula is C23H18F2N6O3. The first-order valence-electron chi connectivity index (χ1n) is 10.5. The summed E-state index contributed by atoms with van der Waals surface area (Å²) in [6.07, 6.45) is 6.11. The van der Waals surface area contributed by atoms with Gasteiger partial charge < -0.3 is 15.0 Å². The summed E-state index contributed by atoms with van der Waals surface area (Å²) in [5.74, 6) is -3.03. The Morgan fingerprint density at radius 1 is 1.12 bits per heavy atom. The molecule has 0 saturated heterocycles. The lowest BCUT2D eigenvalue weighted by atomic mass is 10.1. The quantitative estimate of drug-likeness (QED) is 0.430. The van der Waals surface area contributed by atoms with Gasteiger partial charge in [-0.2, -0.15) is 0 Å². The maximum absolute atomic E-state index is 14.5. The monoisotopic (exact) mass is 464 g/mol. The van der Waals surface area contributed by atoms with Crippen molar-refractivity contribution in [2.24, 2.45) is 5.92 Å². The van der Waals surface area contributed by atoms with Gasteiger partial charge in [-0.3, -0.25) is 9.36 Å². The van der Waals surface area contributed by atoms with Crippen molar-refractivity contribution < 1.29 is 23.5 Å². The number of rotatable bonds is 7. The van der Waals surface area contributed by atoms with Gasteiger partial charge in [-0.1, -0.05) is 12.1 Å². The minimum Gasteiger partial charge on any atom is -0.477 e. The Balaban J connectivity index is 1.43. The van der Waals surface area contributed by atoms with E-state index in [0.717, 1.165) is 35.3 Å². The fraction of sp³-hybridized carbons (Fsp3) is 0.174. The summed E-state index contributed by atoms with van der Waals surface area (Å²) in [4.78, 5) is 27.9. The second-order valence-corrected chi connectivity index (χ2v) is 8.02. The molecule has 11 heteroatoms. The first kappa shape index (κ1) is 21.4. The summed E-state index contributed by atoms with van der Waals surface area (Å²) in [5.41, 5.74) is -0.00432. The van der Waals surface area contributed by atoms with Crippen LogP contribution in [0.3, 0.4) is 0 Å². The highest BCUT2D eigenvalue weighted by Crippen LogP contribution is 2.32. The van der Waals surface area contributed by atoms with E-state index in [-0.39, 0.29) is 11.4 Å². The molecule has 0 radical (unpaired) electrons. The number of carboxylic acid groups (broad SMARTS) is 1. The molecule has 1 aliphatic rings. The first-order chi connectivity index (χ1) is 16.4. The molecule has 0 spiro atoms. The maximum atomic E-state index is 14.5. The fourth-order valence-electron chi connectivity index (χ4n) is 3.67. The molecule has 2 heterocycles. The molecule has 34 heavy (non-hydrogen) atoms. The molecule has 2 N–H and O–H groups in total. The Kier molecular flexibility index (Phi) is 5.36. The zero-order chi connectivity index (χ0) is 23.8. The topological polar surface area (TPSA) is 115 Å². The van der Waals surface area contributed by atoms with E-state index in [2.05, 4.69) is 20.5 Å². The number of amides is 1. The van der Waals surface area contributed by atoms with Crippen LogP contribution in [0.1, 0.15) is 33.7 Å². The van der Waals surface area contributed by atoms with Crippen molar-refractivity contribution in [3.8, 4) is 17.1 Å². The minimum absolute atomic E-state index is 0.316. The van der Waals surface area contributed by atoms with Crippen LogP contribution in [0.25, 0.3) is 17.1 Å². The van der Waals surface area contributed by atoms with Crippen LogP contribution in [-0.2, 0) is 6.54 Å². The normalized spacial score (nSPS) is 13.1. The molecule has 2 aromatic carbocycles. The smallest absolute Gasteiger partial charge is 0.354 e. The third-order valence-corrected chi connectivity index (χ3v) is 5.54. The molecule has 0 bridgehead atoms. The molecular weight excluding hydrogens is 446 g/mol. The van der Waals surface area contributed by atoms with Gasteiger partial charge in [-0.15, -0.1) is 10.2 Å². The average Bonchev–Trinajstić information content (AvgIpc) is 3.28. The van der Waals surface area contributed by atoms with Crippen LogP contribution in [0.2, 0.25) is 0 Å². The second-order valence-electron chi connectivity index (χ2n) is 8.02. The molecule has 1 aliphatic carbocycles. The van der Waals surface area contributed by atoms with Gasteiger partial charge in [-0.05, 0) is 37.0 Å². The molecule has 0 unspecified atom stereocenters. The predicted octanol–water partition coefficient (Wildman–Crippen LogP) is 3.77. The Bertz CT molecular complexity index is 1410. The van der Waals surface area contributed by atoms with Gasteiger partial charge in [0.05, 0.1) is 23.8 Å². The number of halogens is 2. The summed E-state index contributed by atoms with van der Waals surface area (Å²) >= 11 is 0. The van der Waals surface area contributed by atoms with E-state index >= 15 is 0 Å². The molecule has 1 fully saturated rings. The van der Waals surface area contributed by atoms with Crippen molar-refractivity contribution in [2.75, 3.05) is 5.32 Å². The van der Waals surface area contributed by atoms with Crippen molar-refractivity contribution in [3.05, 3.63) is 78.1 Å². The van der Waals surface area contributed by atoms with Crippen LogP contribution >= 0.6 is 0 Å². The van der Waals surface area contributed by atoms with Gasteiger partial charge in [0.2, 0.25) is 0 Å². The number of imidazole rings is 1. The van der Waals surface area contributed by atoms with E-state index in [1.165, 1.54) is 12.8 Å². The second kappa shape index (κ2) is 8.50. The largest absolute Gasteiger partial charge is 0.477 e. The highest BCUT2D eigenvalue weighted by Gasteiger charge is 2.24. The molecule has 0 atom stereocenters. The van der Waals surface area contributed by atoms with Crippen LogP contribution in [0.4, 0.5) is 14.5 Å². The van der Waals surface area contributed by atoms with Crippen molar-refractivity contribution in [1.82, 2.24) is 24.3 Å². The van der Waals surface area contributed by atoms with Gasteiger partial charge in [0.15, 0.2) is 11.5 Å². The molecule has 1 saturated carbocycles. The Morgan fingerprint density at radius 2 is 1.94 bits per heavy atom. The number of benzene rings is 2. The lowest BCUT2D eigenvalue weighted by Gasteiger charge is -2.12. The lowest BCUT2D eigenvalue weighted by Crippen LogP contribution is -2.16. The fourth-order valence-corrected chi connectivity index (χ4v) is 3.67. The number of carbonyl (C=O) groups is 2. The standard InChI is InChI=1S/C23H18F2N6O3/c24-17-8-18(25)19(31-11-26-9-20(31)23(33)34)7-16(17)22(32)28-15-3-1-2-14(6-15)21-29-27-12-30(21)10-13-4-5-13/h1-3,6-9,11-13H,4-5,10H2,(H,28,32)(H,33,34). The lowest BCUT2D eigenvalue weighted by molar-refractivity contribution is 0.0688. The van der Waals surface area contributed by atoms with Gasteiger partial charge in [0, 0.05) is 23.9 Å². The Hall–Kier alpha value is -4.41. The molecule has 0 aliphatic heterocycles. The van der Waals surface area contributed by atoms with E-state index in [4.69, 9.17) is 0 Å². The van der Waals surface area contributed by atoms with E-state index < -0.39 is 29.1 Å². The Morgan fingerprint density at radius 3 is 2.71 bits per heavy atom. The van der Waals surface area contributed by atoms with Crippen LogP contribution in [0.15, 0.2) is 55.2 Å². The summed E-state index contributed by atoms with van der Waals surface area (Å²) in [6.45, 7) is 0.815. The van der Waals surface area contributed by atoms with Gasteiger partial charge in [0.1, 0.15) is 18.0 Å². The SMILES string of the molecule is O=C(Nc1cccc(-c2nncn2CC2CC2)c1)c1cc(-n2cncc2C(=O)O)c(F)cc1F. The number of hydrogen-bond donors (Lipinski definition) is 2. The minimum atomic E-state index is -1.35. The van der Waals surface area contributed by atoms with Crippen LogP contribution in [0, 0.1) is 17.6 Å². The van der Waals surface area contributed by atoms with E-state index in [1.807, 2.05) is 10.6 Å². The summed E-state index contributed by atoms with van der Waals surface area (Å²) in [6, 6.07) is 8.34. The van der Waals surface area contributed by atoms with Crippen molar-refractivity contribution >= 4 is 17.6 Å². The maximum Gasteiger partial charge on any atom is 0.354 e. The van der Waals surface area contributed by atoms with Gasteiger partial charge >= 0.3 is 5.97 Å². The Labute approximate surface area is 191 Å². The highest BCUT2D eigenvalue weighted by molar-refractivity contribution is 6.05. The van der Waals surface area contributed by atoms with Crippen molar-refractivity contribution in [3.63, 3.8) is 0 Å². The molecule has 1 amide bonds. The van der Waals surface area contributed by atoms with E-state index in [9.17, 15) is 23.5 Å². The predicted molar refractivity (Wildman–Crippen MR) is 117 cm³/mol. The zero-order valence-corrected chi connectivity index (χ0v) is 17.7. The van der Waals surface area contributed by atoms with E-state index in [1.54, 1.807) is 24.5 Å². The summed E-state index contributed by atoms with van der Waals surface area (Å²) in [5, 5.41) is 20.0. The number of aromatic nitrogens is 5. The van der Waals surface area contributed by atoms with Crippen molar-refractivity contribution in [1.29, 1.82) is 0 Å². The van der Waals surface area contributed by atoms with Crippen LogP contribution in [-0.4, -0.2) is 41.3 Å². The highest BCUT2D eigenvalue weighted by atomic mass is 19.1. The van der Waals surface area contributed by atoms with Crippen LogP contribution in [0.5, 0.6) is 0 Å². The van der Waals surface area contributed by atoms with E-state index in [0.29, 0.717) is 23.5 Å². The average molecular weight is 464 g/mol. The van der Waals surface area contributed by atoms with Gasteiger partial charge in [0.25, 0.3) is 5.91 Å². The molecule has 2 aromatic heterocycles. The van der Waals surface area contributed by atoms with Gasteiger partial charge in [-0.25, -0.2) is 18.6 Å². The number of aromatic carboxylic acids is 1. The summed E-state index contributed by atoms with van der Waals surface area (Å²) < 4.78 is 31.8. The third-order valence-electron chi connectivity index (χ3n) is 5.54. The number of nitrogens with one attached hydrogen (secondary N) is 1. The number of carboxylic acids is 1. The number of anilines is 1. The number of carbonyl (C=O) groups excluding carboxylic acids is 1. The number of nitrogens with zero attached hydrogens (tertiary/aromatic N) is 5. The van der Waals surface area contributed by atoms with Crippen molar-refractivity contribution in [2.45, 2.75) is 19.4 Å². The molecule has 5 rings (SSSR count). The number of hydrogen-bond acceptors (Lipinski definition) is 5. The molecule has 9 nitrogen and oxygen atoms in total. The summed E-state index contributed by atoms with van der Waals surface area (Å²) in [7, 11) is 0. The zero-order valence-electron chi connectivity index (χ0n) is 17.7. The third kappa shape index (κ3) is 4.15. The molecule has 172 valence electrons. The van der Waals surface area contributed by atoms with Crippen LogP contribution < -0.4 is 5.32 Å².